The van der Waals surface area contributed by atoms with E-state index in [0.717, 1.165) is 38.0 Å². The molecule has 1 N–H and O–H groups in total. The second-order valence-electron chi connectivity index (χ2n) is 11.6. The van der Waals surface area contributed by atoms with Crippen LogP contribution in [0.25, 0.3) is 0 Å². The van der Waals surface area contributed by atoms with Crippen LogP contribution in [-0.2, 0) is 25.5 Å². The van der Waals surface area contributed by atoms with Crippen LogP contribution in [0.3, 0.4) is 0 Å². The van der Waals surface area contributed by atoms with Crippen LogP contribution in [0, 0.1) is 0 Å². The number of nitrogens with zero attached hydrogens (tertiary/aromatic N) is 7. The summed E-state index contributed by atoms with van der Waals surface area (Å²) in [5.74, 6) is -3.95. The molecule has 2 amide bonds. The highest BCUT2D eigenvalue weighted by Crippen LogP contribution is 2.37. The van der Waals surface area contributed by atoms with E-state index in [0.29, 0.717) is 45.0 Å². The minimum absolute atomic E-state index is 0.0124. The number of hydrogen-bond donors (Lipinski definition) is 1. The van der Waals surface area contributed by atoms with Crippen molar-refractivity contribution in [1.82, 2.24) is 29.5 Å². The van der Waals surface area contributed by atoms with Crippen molar-refractivity contribution < 1.29 is 31.5 Å². The van der Waals surface area contributed by atoms with Crippen LogP contribution in [-0.4, -0.2) is 117 Å². The molecule has 0 unspecified atom stereocenters. The molecule has 0 radical (unpaired) electrons. The van der Waals surface area contributed by atoms with E-state index >= 15 is 8.78 Å². The molecule has 3 saturated heterocycles. The van der Waals surface area contributed by atoms with Gasteiger partial charge in [-0.05, 0) is 42.8 Å². The lowest BCUT2D eigenvalue weighted by molar-refractivity contribution is -0.117. The number of morpholine rings is 1. The van der Waals surface area contributed by atoms with Gasteiger partial charge in [0.05, 0.1) is 30.5 Å². The van der Waals surface area contributed by atoms with E-state index in [-0.39, 0.29) is 53.6 Å². The Morgan fingerprint density at radius 2 is 1.71 bits per heavy atom. The fraction of sp³-hybridized carbons (Fsp3) is 0.452. The topological polar surface area (TPSA) is 141 Å². The highest BCUT2D eigenvalue weighted by Gasteiger charge is 2.38. The van der Waals surface area contributed by atoms with E-state index in [2.05, 4.69) is 25.2 Å². The predicted octanol–water partition coefficient (Wildman–Crippen LogP) is 2.36. The van der Waals surface area contributed by atoms with E-state index in [4.69, 9.17) is 16.3 Å². The van der Waals surface area contributed by atoms with Crippen LogP contribution in [0.2, 0.25) is 5.15 Å². The van der Waals surface area contributed by atoms with Crippen LogP contribution in [0.5, 0.6) is 0 Å². The van der Waals surface area contributed by atoms with Gasteiger partial charge >= 0.3 is 5.92 Å². The first-order chi connectivity index (χ1) is 23.0. The maximum absolute atomic E-state index is 15.7. The maximum atomic E-state index is 15.7. The standard InChI is InChI=1S/C31H35ClF2N8O5S/c32-27-18-22(31(33,34)26-21-36-25(20-37-26)30(44)35-7-9-39-14-16-47-17-15-39)19-28(38-27)40-10-12-41(13-11-40)48(45,46)24-5-3-23(4-6-24)42-8-1-2-29(42)43/h3-6,18-21H,1-2,7-17H2,(H,35,44). The van der Waals surface area contributed by atoms with E-state index in [9.17, 15) is 18.0 Å². The van der Waals surface area contributed by atoms with Gasteiger partial charge in [-0.3, -0.25) is 19.5 Å². The number of carbonyl (C=O) groups excluding carboxylic acids is 2. The molecule has 2 aromatic heterocycles. The summed E-state index contributed by atoms with van der Waals surface area (Å²) in [6.07, 6.45) is 3.12. The average Bonchev–Trinajstić information content (AvgIpc) is 3.54. The van der Waals surface area contributed by atoms with Crippen molar-refractivity contribution in [3.63, 3.8) is 0 Å². The van der Waals surface area contributed by atoms with Gasteiger partial charge < -0.3 is 19.9 Å². The summed E-state index contributed by atoms with van der Waals surface area (Å²) in [5.41, 5.74) is -0.573. The van der Waals surface area contributed by atoms with Crippen LogP contribution in [0.4, 0.5) is 20.3 Å². The number of nitrogens with one attached hydrogen (secondary N) is 1. The Bertz CT molecular complexity index is 1740. The van der Waals surface area contributed by atoms with Gasteiger partial charge in [-0.25, -0.2) is 18.4 Å². The zero-order valence-corrected chi connectivity index (χ0v) is 27.6. The molecule has 13 nitrogen and oxygen atoms in total. The molecule has 0 spiro atoms. The van der Waals surface area contributed by atoms with Gasteiger partial charge in [-0.1, -0.05) is 11.6 Å². The van der Waals surface area contributed by atoms with Crippen LogP contribution < -0.4 is 15.1 Å². The van der Waals surface area contributed by atoms with E-state index in [1.807, 2.05) is 0 Å². The molecule has 48 heavy (non-hydrogen) atoms. The van der Waals surface area contributed by atoms with E-state index in [1.54, 1.807) is 21.9 Å². The molecule has 0 saturated carbocycles. The van der Waals surface area contributed by atoms with Crippen LogP contribution >= 0.6 is 11.6 Å². The van der Waals surface area contributed by atoms with Gasteiger partial charge in [0, 0.05) is 76.6 Å². The third-order valence-electron chi connectivity index (χ3n) is 8.59. The lowest BCUT2D eigenvalue weighted by Crippen LogP contribution is -2.49. The molecular formula is C31H35ClF2N8O5S. The first-order valence-corrected chi connectivity index (χ1v) is 17.5. The lowest BCUT2D eigenvalue weighted by Gasteiger charge is -2.35. The molecule has 256 valence electrons. The highest BCUT2D eigenvalue weighted by atomic mass is 35.5. The molecule has 0 atom stereocenters. The van der Waals surface area contributed by atoms with Gasteiger partial charge in [-0.2, -0.15) is 13.1 Å². The summed E-state index contributed by atoms with van der Waals surface area (Å²) < 4.78 is 64.7. The smallest absolute Gasteiger partial charge is 0.316 e. The van der Waals surface area contributed by atoms with E-state index < -0.39 is 33.1 Å². The fourth-order valence-corrected chi connectivity index (χ4v) is 7.48. The van der Waals surface area contributed by atoms with Gasteiger partial charge in [0.2, 0.25) is 15.9 Å². The number of amides is 2. The number of hydrogen-bond acceptors (Lipinski definition) is 10. The number of pyridine rings is 1. The molecule has 1 aromatic carbocycles. The molecule has 0 bridgehead atoms. The van der Waals surface area contributed by atoms with E-state index in [1.165, 1.54) is 22.5 Å². The van der Waals surface area contributed by atoms with Gasteiger partial charge in [0.15, 0.2) is 0 Å². The van der Waals surface area contributed by atoms with Crippen LogP contribution in [0.15, 0.2) is 53.7 Å². The number of aromatic nitrogens is 3. The molecule has 3 aliphatic heterocycles. The maximum Gasteiger partial charge on any atom is 0.316 e. The Morgan fingerprint density at radius 3 is 2.35 bits per heavy atom. The van der Waals surface area contributed by atoms with Gasteiger partial charge in [0.25, 0.3) is 5.91 Å². The molecule has 3 fully saturated rings. The number of alkyl halides is 2. The van der Waals surface area contributed by atoms with Crippen molar-refractivity contribution >= 4 is 44.9 Å². The van der Waals surface area contributed by atoms with Gasteiger partial charge in [-0.15, -0.1) is 0 Å². The molecule has 6 rings (SSSR count). The number of anilines is 2. The minimum Gasteiger partial charge on any atom is -0.379 e. The second kappa shape index (κ2) is 14.3. The highest BCUT2D eigenvalue weighted by molar-refractivity contribution is 7.89. The summed E-state index contributed by atoms with van der Waals surface area (Å²) in [4.78, 5) is 42.1. The van der Waals surface area contributed by atoms with Crippen molar-refractivity contribution in [2.45, 2.75) is 23.7 Å². The Labute approximate surface area is 281 Å². The molecule has 5 heterocycles. The van der Waals surface area contributed by atoms with Gasteiger partial charge in [0.1, 0.15) is 22.4 Å². The predicted molar refractivity (Wildman–Crippen MR) is 173 cm³/mol. The summed E-state index contributed by atoms with van der Waals surface area (Å²) >= 11 is 6.18. The largest absolute Gasteiger partial charge is 0.379 e. The summed E-state index contributed by atoms with van der Waals surface area (Å²) in [5, 5.41) is 2.56. The third-order valence-corrected chi connectivity index (χ3v) is 10.7. The Balaban J connectivity index is 1.08. The number of ether oxygens (including phenoxy) is 1. The SMILES string of the molecule is O=C(NCCN1CCOCC1)c1cnc(C(F)(F)c2cc(Cl)nc(N3CCN(S(=O)(=O)c4ccc(N5CCCC5=O)cc4)CC3)c2)cn1. The average molecular weight is 705 g/mol. The quantitative estimate of drug-likeness (QED) is 0.313. The van der Waals surface area contributed by atoms with Crippen molar-refractivity contribution in [2.75, 3.05) is 81.9 Å². The van der Waals surface area contributed by atoms with Crippen molar-refractivity contribution in [2.24, 2.45) is 0 Å². The minimum atomic E-state index is -3.83. The Hall–Kier alpha value is -3.83. The molecule has 17 heteroatoms. The number of benzene rings is 1. The number of piperazine rings is 1. The second-order valence-corrected chi connectivity index (χ2v) is 14.0. The number of carbonyl (C=O) groups is 2. The molecular weight excluding hydrogens is 670 g/mol. The first-order valence-electron chi connectivity index (χ1n) is 15.6. The third kappa shape index (κ3) is 7.42. The summed E-state index contributed by atoms with van der Waals surface area (Å²) in [6, 6.07) is 8.48. The Kier molecular flexibility index (Phi) is 10.2. The van der Waals surface area contributed by atoms with Crippen LogP contribution in [0.1, 0.15) is 34.6 Å². The number of sulfonamides is 1. The fourth-order valence-electron chi connectivity index (χ4n) is 5.85. The monoisotopic (exact) mass is 704 g/mol. The summed E-state index contributed by atoms with van der Waals surface area (Å²) in [7, 11) is -3.83. The summed E-state index contributed by atoms with van der Waals surface area (Å²) in [6.45, 7) is 4.99. The number of rotatable bonds is 10. The van der Waals surface area contributed by atoms with Crippen molar-refractivity contribution in [1.29, 1.82) is 0 Å². The Morgan fingerprint density at radius 1 is 0.979 bits per heavy atom. The van der Waals surface area contributed by atoms with Crippen molar-refractivity contribution in [3.8, 4) is 0 Å². The normalized spacial score (nSPS) is 18.4. The molecule has 3 aromatic rings. The first kappa shape index (κ1) is 34.0. The van der Waals surface area contributed by atoms with Crippen molar-refractivity contribution in [3.05, 3.63) is 70.9 Å². The molecule has 3 aliphatic rings. The molecule has 0 aliphatic carbocycles. The zero-order chi connectivity index (χ0) is 33.9. The zero-order valence-electron chi connectivity index (χ0n) is 26.0. The number of halogens is 3. The lowest BCUT2D eigenvalue weighted by atomic mass is 10.1.